The number of carbonyl (C=O) groups excluding carboxylic acids is 1. The molecule has 3 rings (SSSR count). The van der Waals surface area contributed by atoms with Crippen LogP contribution in [0.4, 0.5) is 0 Å². The number of thiophene rings is 1. The second-order valence-electron chi connectivity index (χ2n) is 6.57. The molecule has 2 aliphatic heterocycles. The number of nitrogens with zero attached hydrogens (tertiary/aromatic N) is 3. The molecule has 0 aliphatic carbocycles. The molecular formula is C17H27N3OS. The molecule has 4 nitrogen and oxygen atoms in total. The predicted octanol–water partition coefficient (Wildman–Crippen LogP) is 2.27. The summed E-state index contributed by atoms with van der Waals surface area (Å²) in [6.07, 6.45) is 4.45. The summed E-state index contributed by atoms with van der Waals surface area (Å²) in [5.41, 5.74) is 0. The molecule has 0 bridgehead atoms. The fourth-order valence-electron chi connectivity index (χ4n) is 3.51. The molecule has 1 amide bonds. The first kappa shape index (κ1) is 16.0. The van der Waals surface area contributed by atoms with E-state index >= 15 is 0 Å². The highest BCUT2D eigenvalue weighted by molar-refractivity contribution is 7.09. The first-order valence-electron chi connectivity index (χ1n) is 8.45. The van der Waals surface area contributed by atoms with E-state index < -0.39 is 0 Å². The van der Waals surface area contributed by atoms with Crippen LogP contribution in [0.25, 0.3) is 0 Å². The van der Waals surface area contributed by atoms with E-state index in [1.807, 2.05) is 11.3 Å². The van der Waals surface area contributed by atoms with Crippen LogP contribution in [0.5, 0.6) is 0 Å². The SMILES string of the molecule is CN1CCCC[C@H]1CC(=O)N1CCN(Cc2cccs2)CC1. The Labute approximate surface area is 137 Å². The standard InChI is InChI=1S/C17H27N3OS/c1-18-7-3-2-5-15(18)13-17(21)20-10-8-19(9-11-20)14-16-6-4-12-22-16/h4,6,12,15H,2-3,5,7-11,13-14H2,1H3/t15-/m0/s1. The molecule has 0 saturated carbocycles. The van der Waals surface area contributed by atoms with Crippen molar-refractivity contribution in [2.75, 3.05) is 39.8 Å². The van der Waals surface area contributed by atoms with Gasteiger partial charge in [0.15, 0.2) is 0 Å². The normalized spacial score (nSPS) is 24.6. The van der Waals surface area contributed by atoms with Gasteiger partial charge in [0.25, 0.3) is 0 Å². The maximum Gasteiger partial charge on any atom is 0.224 e. The number of hydrogen-bond acceptors (Lipinski definition) is 4. The minimum Gasteiger partial charge on any atom is -0.340 e. The molecule has 1 aromatic rings. The van der Waals surface area contributed by atoms with Crippen LogP contribution in [0.15, 0.2) is 17.5 Å². The molecule has 22 heavy (non-hydrogen) atoms. The highest BCUT2D eigenvalue weighted by Crippen LogP contribution is 2.19. The van der Waals surface area contributed by atoms with Gasteiger partial charge in [0, 0.05) is 50.1 Å². The van der Waals surface area contributed by atoms with E-state index in [-0.39, 0.29) is 0 Å². The molecule has 0 N–H and O–H groups in total. The topological polar surface area (TPSA) is 26.8 Å². The molecule has 2 fully saturated rings. The summed E-state index contributed by atoms with van der Waals surface area (Å²) in [4.78, 5) is 20.8. The van der Waals surface area contributed by atoms with Crippen LogP contribution in [0, 0.1) is 0 Å². The summed E-state index contributed by atoms with van der Waals surface area (Å²) in [5.74, 6) is 0.356. The van der Waals surface area contributed by atoms with Crippen LogP contribution in [-0.4, -0.2) is 66.4 Å². The fraction of sp³-hybridized carbons (Fsp3) is 0.706. The van der Waals surface area contributed by atoms with Gasteiger partial charge in [-0.1, -0.05) is 12.5 Å². The smallest absolute Gasteiger partial charge is 0.224 e. The van der Waals surface area contributed by atoms with E-state index in [0.29, 0.717) is 18.4 Å². The zero-order valence-electron chi connectivity index (χ0n) is 13.5. The Bertz CT molecular complexity index is 468. The van der Waals surface area contributed by atoms with Crippen molar-refractivity contribution in [3.63, 3.8) is 0 Å². The Morgan fingerprint density at radius 1 is 1.23 bits per heavy atom. The molecule has 1 atom stereocenters. The van der Waals surface area contributed by atoms with Crippen molar-refractivity contribution >= 4 is 17.2 Å². The summed E-state index contributed by atoms with van der Waals surface area (Å²) < 4.78 is 0. The average molecular weight is 321 g/mol. The minimum atomic E-state index is 0.356. The van der Waals surface area contributed by atoms with Gasteiger partial charge >= 0.3 is 0 Å². The number of likely N-dealkylation sites (tertiary alicyclic amines) is 1. The summed E-state index contributed by atoms with van der Waals surface area (Å²) >= 11 is 1.82. The second kappa shape index (κ2) is 7.57. The maximum atomic E-state index is 12.5. The Morgan fingerprint density at radius 3 is 2.73 bits per heavy atom. The lowest BCUT2D eigenvalue weighted by atomic mass is 9.99. The maximum absolute atomic E-state index is 12.5. The third-order valence-electron chi connectivity index (χ3n) is 5.02. The van der Waals surface area contributed by atoms with Gasteiger partial charge < -0.3 is 9.80 Å². The van der Waals surface area contributed by atoms with E-state index in [1.54, 1.807) is 0 Å². The molecular weight excluding hydrogens is 294 g/mol. The van der Waals surface area contributed by atoms with Crippen LogP contribution in [0.3, 0.4) is 0 Å². The minimum absolute atomic E-state index is 0.356. The van der Waals surface area contributed by atoms with Crippen molar-refractivity contribution in [3.05, 3.63) is 22.4 Å². The van der Waals surface area contributed by atoms with Crippen LogP contribution >= 0.6 is 11.3 Å². The number of piperazine rings is 1. The predicted molar refractivity (Wildman–Crippen MR) is 91.1 cm³/mol. The van der Waals surface area contributed by atoms with Gasteiger partial charge in [0.2, 0.25) is 5.91 Å². The Hall–Kier alpha value is -0.910. The quantitative estimate of drug-likeness (QED) is 0.851. The first-order valence-corrected chi connectivity index (χ1v) is 9.33. The lowest BCUT2D eigenvalue weighted by Crippen LogP contribution is -2.50. The third-order valence-corrected chi connectivity index (χ3v) is 5.88. The number of rotatable bonds is 4. The summed E-state index contributed by atoms with van der Waals surface area (Å²) in [5, 5.41) is 2.13. The molecule has 1 aromatic heterocycles. The van der Waals surface area contributed by atoms with Gasteiger partial charge in [0.05, 0.1) is 0 Å². The lowest BCUT2D eigenvalue weighted by molar-refractivity contribution is -0.134. The van der Waals surface area contributed by atoms with Gasteiger partial charge in [-0.25, -0.2) is 0 Å². The van der Waals surface area contributed by atoms with Crippen LogP contribution in [0.1, 0.15) is 30.6 Å². The zero-order chi connectivity index (χ0) is 15.4. The van der Waals surface area contributed by atoms with Crippen LogP contribution in [0.2, 0.25) is 0 Å². The van der Waals surface area contributed by atoms with Gasteiger partial charge in [-0.05, 0) is 37.9 Å². The van der Waals surface area contributed by atoms with E-state index in [2.05, 4.69) is 39.3 Å². The van der Waals surface area contributed by atoms with Crippen LogP contribution in [-0.2, 0) is 11.3 Å². The lowest BCUT2D eigenvalue weighted by Gasteiger charge is -2.37. The molecule has 0 aromatic carbocycles. The van der Waals surface area contributed by atoms with Crippen molar-refractivity contribution in [2.45, 2.75) is 38.3 Å². The summed E-state index contributed by atoms with van der Waals surface area (Å²) in [7, 11) is 2.16. The van der Waals surface area contributed by atoms with E-state index in [4.69, 9.17) is 0 Å². The Balaban J connectivity index is 1.43. The molecule has 2 aliphatic rings. The highest BCUT2D eigenvalue weighted by Gasteiger charge is 2.26. The van der Waals surface area contributed by atoms with Crippen LogP contribution < -0.4 is 0 Å². The first-order chi connectivity index (χ1) is 10.7. The Kier molecular flexibility index (Phi) is 5.50. The molecule has 3 heterocycles. The molecule has 122 valence electrons. The van der Waals surface area contributed by atoms with Crippen molar-refractivity contribution in [2.24, 2.45) is 0 Å². The van der Waals surface area contributed by atoms with Gasteiger partial charge in [-0.2, -0.15) is 0 Å². The number of piperidine rings is 1. The van der Waals surface area contributed by atoms with Gasteiger partial charge in [0.1, 0.15) is 0 Å². The molecule has 2 saturated heterocycles. The largest absolute Gasteiger partial charge is 0.340 e. The zero-order valence-corrected chi connectivity index (χ0v) is 14.4. The fourth-order valence-corrected chi connectivity index (χ4v) is 4.26. The molecule has 0 spiro atoms. The summed E-state index contributed by atoms with van der Waals surface area (Å²) in [6, 6.07) is 4.77. The van der Waals surface area contributed by atoms with Gasteiger partial charge in [-0.15, -0.1) is 11.3 Å². The van der Waals surface area contributed by atoms with Crippen molar-refractivity contribution in [1.82, 2.24) is 14.7 Å². The van der Waals surface area contributed by atoms with Gasteiger partial charge in [-0.3, -0.25) is 9.69 Å². The third kappa shape index (κ3) is 4.09. The highest BCUT2D eigenvalue weighted by atomic mass is 32.1. The molecule has 0 unspecified atom stereocenters. The van der Waals surface area contributed by atoms with E-state index in [0.717, 1.165) is 39.3 Å². The number of hydrogen-bond donors (Lipinski definition) is 0. The second-order valence-corrected chi connectivity index (χ2v) is 7.60. The average Bonchev–Trinajstić information content (AvgIpc) is 3.03. The number of amides is 1. The van der Waals surface area contributed by atoms with Crippen molar-refractivity contribution in [3.8, 4) is 0 Å². The monoisotopic (exact) mass is 321 g/mol. The Morgan fingerprint density at radius 2 is 2.05 bits per heavy atom. The molecule has 0 radical (unpaired) electrons. The van der Waals surface area contributed by atoms with Crippen molar-refractivity contribution in [1.29, 1.82) is 0 Å². The van der Waals surface area contributed by atoms with E-state index in [9.17, 15) is 4.79 Å². The number of carbonyl (C=O) groups is 1. The van der Waals surface area contributed by atoms with Crippen molar-refractivity contribution < 1.29 is 4.79 Å². The van der Waals surface area contributed by atoms with E-state index in [1.165, 1.54) is 24.1 Å². The molecule has 5 heteroatoms. The summed E-state index contributed by atoms with van der Waals surface area (Å²) in [6.45, 7) is 5.97.